The summed E-state index contributed by atoms with van der Waals surface area (Å²) in [5, 5.41) is 9.15. The van der Waals surface area contributed by atoms with Gasteiger partial charge in [-0.15, -0.1) is 0 Å². The average molecular weight is 236 g/mol. The number of esters is 1. The fourth-order valence-electron chi connectivity index (χ4n) is 1.75. The van der Waals surface area contributed by atoms with Gasteiger partial charge in [-0.2, -0.15) is 0 Å². The number of hydrogen-bond acceptors (Lipinski definition) is 4. The van der Waals surface area contributed by atoms with Crippen molar-refractivity contribution in [2.24, 2.45) is 0 Å². The Bertz CT molecular complexity index is 385. The van der Waals surface area contributed by atoms with Crippen molar-refractivity contribution in [2.75, 3.05) is 6.61 Å². The minimum Gasteiger partial charge on any atom is -0.459 e. The summed E-state index contributed by atoms with van der Waals surface area (Å²) in [7, 11) is 0. The Balaban J connectivity index is 1.83. The third-order valence-electron chi connectivity index (χ3n) is 2.77. The Hall–Kier alpha value is -1.39. The largest absolute Gasteiger partial charge is 0.459 e. The number of hydrogen-bond donors (Lipinski definition) is 1. The molecule has 1 heterocycles. The lowest BCUT2D eigenvalue weighted by atomic mass is 10.1. The van der Waals surface area contributed by atoms with Crippen molar-refractivity contribution in [3.63, 3.8) is 0 Å². The molecule has 0 bridgehead atoms. The van der Waals surface area contributed by atoms with Crippen LogP contribution in [0, 0.1) is 6.92 Å². The highest BCUT2D eigenvalue weighted by Gasteiger charge is 2.24. The Kier molecular flexibility index (Phi) is 3.76. The summed E-state index contributed by atoms with van der Waals surface area (Å²) in [5.74, 6) is -0.352. The van der Waals surface area contributed by atoms with Crippen molar-refractivity contribution in [2.45, 2.75) is 32.2 Å². The van der Waals surface area contributed by atoms with E-state index < -0.39 is 6.29 Å². The molecule has 2 atom stereocenters. The fraction of sp³-hybridized carbons (Fsp3) is 0.462. The molecule has 0 aliphatic carbocycles. The molecule has 2 rings (SSSR count). The zero-order chi connectivity index (χ0) is 12.3. The lowest BCUT2D eigenvalue weighted by Gasteiger charge is -2.11. The van der Waals surface area contributed by atoms with Crippen LogP contribution in [0.15, 0.2) is 24.3 Å². The predicted octanol–water partition coefficient (Wildman–Crippen LogP) is 1.65. The zero-order valence-electron chi connectivity index (χ0n) is 9.76. The van der Waals surface area contributed by atoms with Crippen molar-refractivity contribution >= 4 is 5.97 Å². The average Bonchev–Trinajstić information content (AvgIpc) is 2.73. The topological polar surface area (TPSA) is 55.8 Å². The van der Waals surface area contributed by atoms with Crippen molar-refractivity contribution in [1.29, 1.82) is 0 Å². The molecule has 1 saturated heterocycles. The molecule has 1 aliphatic rings. The van der Waals surface area contributed by atoms with E-state index in [9.17, 15) is 4.79 Å². The molecular weight excluding hydrogens is 220 g/mol. The van der Waals surface area contributed by atoms with Gasteiger partial charge >= 0.3 is 5.97 Å². The first-order valence-electron chi connectivity index (χ1n) is 5.72. The summed E-state index contributed by atoms with van der Waals surface area (Å²) in [4.78, 5) is 11.7. The van der Waals surface area contributed by atoms with Gasteiger partial charge in [-0.3, -0.25) is 0 Å². The Morgan fingerprint density at radius 3 is 2.71 bits per heavy atom. The van der Waals surface area contributed by atoms with E-state index >= 15 is 0 Å². The molecule has 4 nitrogen and oxygen atoms in total. The van der Waals surface area contributed by atoms with Crippen molar-refractivity contribution in [3.8, 4) is 0 Å². The smallest absolute Gasteiger partial charge is 0.338 e. The monoisotopic (exact) mass is 236 g/mol. The van der Waals surface area contributed by atoms with Gasteiger partial charge in [-0.25, -0.2) is 4.79 Å². The minimum atomic E-state index is -0.710. The minimum absolute atomic E-state index is 0.181. The first-order valence-corrected chi connectivity index (χ1v) is 5.72. The van der Waals surface area contributed by atoms with Crippen LogP contribution in [0.3, 0.4) is 0 Å². The van der Waals surface area contributed by atoms with Crippen LogP contribution in [0.25, 0.3) is 0 Å². The SMILES string of the molecule is Cc1ccc(C(=O)OCC2CCC(O)O2)cc1. The van der Waals surface area contributed by atoms with E-state index in [1.54, 1.807) is 12.1 Å². The summed E-state index contributed by atoms with van der Waals surface area (Å²) >= 11 is 0. The summed E-state index contributed by atoms with van der Waals surface area (Å²) in [6.07, 6.45) is 0.437. The lowest BCUT2D eigenvalue weighted by molar-refractivity contribution is -0.103. The van der Waals surface area contributed by atoms with Crippen LogP contribution < -0.4 is 0 Å². The summed E-state index contributed by atoms with van der Waals surface area (Å²) < 4.78 is 10.3. The molecule has 0 spiro atoms. The van der Waals surface area contributed by atoms with E-state index in [0.717, 1.165) is 12.0 Å². The molecule has 1 aliphatic heterocycles. The first-order chi connectivity index (χ1) is 8.15. The quantitative estimate of drug-likeness (QED) is 0.811. The molecular formula is C13H16O4. The van der Waals surface area contributed by atoms with Gasteiger partial charge in [0.05, 0.1) is 11.7 Å². The summed E-state index contributed by atoms with van der Waals surface area (Å²) in [5.41, 5.74) is 1.64. The third kappa shape index (κ3) is 3.28. The molecule has 1 N–H and O–H groups in total. The Labute approximate surface area is 100 Å². The Morgan fingerprint density at radius 2 is 2.12 bits per heavy atom. The van der Waals surface area contributed by atoms with Crippen LogP contribution in [0.4, 0.5) is 0 Å². The number of rotatable bonds is 3. The van der Waals surface area contributed by atoms with Gasteiger partial charge in [0.1, 0.15) is 6.61 Å². The molecule has 0 radical (unpaired) electrons. The molecule has 2 unspecified atom stereocenters. The van der Waals surface area contributed by atoms with Crippen molar-refractivity contribution < 1.29 is 19.4 Å². The van der Waals surface area contributed by atoms with Gasteiger partial charge in [-0.1, -0.05) is 17.7 Å². The van der Waals surface area contributed by atoms with E-state index in [0.29, 0.717) is 12.0 Å². The highest BCUT2D eigenvalue weighted by molar-refractivity contribution is 5.89. The number of carbonyl (C=O) groups excluding carboxylic acids is 1. The number of ether oxygens (including phenoxy) is 2. The van der Waals surface area contributed by atoms with Gasteiger partial charge in [0.2, 0.25) is 0 Å². The van der Waals surface area contributed by atoms with E-state index in [1.165, 1.54) is 0 Å². The maximum Gasteiger partial charge on any atom is 0.338 e. The second-order valence-electron chi connectivity index (χ2n) is 4.25. The predicted molar refractivity (Wildman–Crippen MR) is 61.6 cm³/mol. The maximum atomic E-state index is 11.7. The molecule has 4 heteroatoms. The maximum absolute atomic E-state index is 11.7. The fourth-order valence-corrected chi connectivity index (χ4v) is 1.75. The molecule has 1 fully saturated rings. The number of aliphatic hydroxyl groups excluding tert-OH is 1. The summed E-state index contributed by atoms with van der Waals surface area (Å²) in [6, 6.07) is 7.21. The third-order valence-corrected chi connectivity index (χ3v) is 2.77. The lowest BCUT2D eigenvalue weighted by Crippen LogP contribution is -2.19. The van der Waals surface area contributed by atoms with E-state index in [2.05, 4.69) is 0 Å². The highest BCUT2D eigenvalue weighted by atomic mass is 16.6. The first kappa shape index (κ1) is 12.1. The van der Waals surface area contributed by atoms with Gasteiger partial charge in [-0.05, 0) is 25.5 Å². The van der Waals surface area contributed by atoms with Crippen LogP contribution in [0.2, 0.25) is 0 Å². The second kappa shape index (κ2) is 5.29. The molecule has 0 aromatic heterocycles. The van der Waals surface area contributed by atoms with Crippen molar-refractivity contribution in [3.05, 3.63) is 35.4 Å². The summed E-state index contributed by atoms with van der Waals surface area (Å²) in [6.45, 7) is 2.16. The van der Waals surface area contributed by atoms with Gasteiger partial charge in [0.15, 0.2) is 6.29 Å². The molecule has 0 saturated carbocycles. The molecule has 0 amide bonds. The Morgan fingerprint density at radius 1 is 1.41 bits per heavy atom. The number of aryl methyl sites for hydroxylation is 1. The van der Waals surface area contributed by atoms with Crippen LogP contribution in [-0.2, 0) is 9.47 Å². The van der Waals surface area contributed by atoms with Gasteiger partial charge in [0, 0.05) is 6.42 Å². The van der Waals surface area contributed by atoms with E-state index in [1.807, 2.05) is 19.1 Å². The second-order valence-corrected chi connectivity index (χ2v) is 4.25. The van der Waals surface area contributed by atoms with Crippen LogP contribution in [-0.4, -0.2) is 30.1 Å². The van der Waals surface area contributed by atoms with Gasteiger partial charge < -0.3 is 14.6 Å². The number of aliphatic hydroxyl groups is 1. The van der Waals surface area contributed by atoms with E-state index in [4.69, 9.17) is 14.6 Å². The zero-order valence-corrected chi connectivity index (χ0v) is 9.76. The van der Waals surface area contributed by atoms with E-state index in [-0.39, 0.29) is 18.7 Å². The molecule has 92 valence electrons. The van der Waals surface area contributed by atoms with Gasteiger partial charge in [0.25, 0.3) is 0 Å². The standard InChI is InChI=1S/C13H16O4/c1-9-2-4-10(5-3-9)13(15)16-8-11-6-7-12(14)17-11/h2-5,11-12,14H,6-8H2,1H3. The molecule has 1 aromatic carbocycles. The highest BCUT2D eigenvalue weighted by Crippen LogP contribution is 2.18. The molecule has 1 aromatic rings. The van der Waals surface area contributed by atoms with Crippen LogP contribution >= 0.6 is 0 Å². The van der Waals surface area contributed by atoms with Crippen LogP contribution in [0.5, 0.6) is 0 Å². The molecule has 17 heavy (non-hydrogen) atoms. The van der Waals surface area contributed by atoms with Crippen LogP contribution in [0.1, 0.15) is 28.8 Å². The van der Waals surface area contributed by atoms with Crippen molar-refractivity contribution in [1.82, 2.24) is 0 Å². The number of benzene rings is 1. The number of carbonyl (C=O) groups is 1. The normalized spacial score (nSPS) is 23.6.